The van der Waals surface area contributed by atoms with Crippen LogP contribution in [0.5, 0.6) is 0 Å². The maximum Gasteiger partial charge on any atom is 0.393 e. The smallest absolute Gasteiger partial charge is 0.341 e. The molecule has 9 heteroatoms. The number of rotatable bonds is 3. The van der Waals surface area contributed by atoms with E-state index in [-0.39, 0.29) is 36.9 Å². The molecular weight excluding hydrogens is 390 g/mol. The van der Waals surface area contributed by atoms with Gasteiger partial charge in [-0.1, -0.05) is 6.07 Å². The van der Waals surface area contributed by atoms with E-state index in [0.29, 0.717) is 45.6 Å². The molecule has 1 aromatic rings. The highest BCUT2D eigenvalue weighted by Crippen LogP contribution is 2.33. The predicted molar refractivity (Wildman–Crippen MR) is 98.7 cm³/mol. The van der Waals surface area contributed by atoms with Gasteiger partial charge in [-0.15, -0.1) is 0 Å². The summed E-state index contributed by atoms with van der Waals surface area (Å²) >= 11 is 0. The number of piperidine rings is 1. The second-order valence-electron chi connectivity index (χ2n) is 7.65. The van der Waals surface area contributed by atoms with Gasteiger partial charge >= 0.3 is 6.18 Å². The van der Waals surface area contributed by atoms with E-state index in [2.05, 4.69) is 0 Å². The zero-order valence-electron chi connectivity index (χ0n) is 16.1. The third-order valence-electron chi connectivity index (χ3n) is 5.54. The first-order chi connectivity index (χ1) is 13.7. The molecule has 2 saturated heterocycles. The fourth-order valence-corrected chi connectivity index (χ4v) is 3.90. The van der Waals surface area contributed by atoms with Gasteiger partial charge in [0.25, 0.3) is 5.91 Å². The van der Waals surface area contributed by atoms with Crippen LogP contribution >= 0.6 is 0 Å². The number of likely N-dealkylation sites (tertiary alicyclic amines) is 1. The molecule has 3 rings (SSSR count). The number of benzene rings is 1. The van der Waals surface area contributed by atoms with Crippen LogP contribution in [-0.4, -0.2) is 78.5 Å². The second-order valence-corrected chi connectivity index (χ2v) is 7.65. The molecule has 0 aliphatic carbocycles. The van der Waals surface area contributed by atoms with Crippen molar-refractivity contribution in [3.63, 3.8) is 0 Å². The lowest BCUT2D eigenvalue weighted by Gasteiger charge is -2.35. The Bertz CT molecular complexity index is 741. The van der Waals surface area contributed by atoms with Crippen molar-refractivity contribution in [1.29, 1.82) is 0 Å². The molecule has 1 aromatic carbocycles. The van der Waals surface area contributed by atoms with E-state index in [1.165, 1.54) is 23.1 Å². The summed E-state index contributed by atoms with van der Waals surface area (Å²) < 4.78 is 52.3. The normalized spacial score (nSPS) is 21.7. The van der Waals surface area contributed by atoms with Gasteiger partial charge < -0.3 is 9.80 Å². The summed E-state index contributed by atoms with van der Waals surface area (Å²) in [4.78, 5) is 29.9. The summed E-state index contributed by atoms with van der Waals surface area (Å²) in [6.07, 6.45) is -3.22. The molecule has 2 fully saturated rings. The number of hydrogen-bond donors (Lipinski definition) is 0. The lowest BCUT2D eigenvalue weighted by Crippen LogP contribution is -2.48. The van der Waals surface area contributed by atoms with Gasteiger partial charge in [0.15, 0.2) is 0 Å². The average molecular weight is 415 g/mol. The molecule has 2 amide bonds. The minimum absolute atomic E-state index is 0.0482. The quantitative estimate of drug-likeness (QED) is 0.714. The monoisotopic (exact) mass is 415 g/mol. The van der Waals surface area contributed by atoms with Crippen LogP contribution in [0.2, 0.25) is 0 Å². The molecule has 0 bridgehead atoms. The third kappa shape index (κ3) is 5.68. The topological polar surface area (TPSA) is 43.9 Å². The maximum absolute atomic E-state index is 13.4. The van der Waals surface area contributed by atoms with Crippen LogP contribution in [0.4, 0.5) is 17.6 Å². The van der Waals surface area contributed by atoms with Gasteiger partial charge in [0, 0.05) is 44.8 Å². The van der Waals surface area contributed by atoms with Crippen LogP contribution in [0.15, 0.2) is 24.3 Å². The van der Waals surface area contributed by atoms with E-state index >= 15 is 0 Å². The Morgan fingerprint density at radius 1 is 1.00 bits per heavy atom. The van der Waals surface area contributed by atoms with Gasteiger partial charge in [-0.2, -0.15) is 13.2 Å². The fraction of sp³-hybridized carbons (Fsp3) is 0.600. The van der Waals surface area contributed by atoms with Crippen LogP contribution in [0.25, 0.3) is 0 Å². The van der Waals surface area contributed by atoms with Crippen molar-refractivity contribution in [1.82, 2.24) is 14.7 Å². The zero-order valence-corrected chi connectivity index (χ0v) is 16.1. The van der Waals surface area contributed by atoms with Gasteiger partial charge in [0.2, 0.25) is 5.91 Å². The molecule has 5 nitrogen and oxygen atoms in total. The van der Waals surface area contributed by atoms with E-state index < -0.39 is 17.9 Å². The lowest BCUT2D eigenvalue weighted by molar-refractivity contribution is -0.188. The van der Waals surface area contributed by atoms with E-state index in [9.17, 15) is 27.2 Å². The van der Waals surface area contributed by atoms with Crippen molar-refractivity contribution in [3.8, 4) is 0 Å². The molecule has 2 aliphatic heterocycles. The van der Waals surface area contributed by atoms with Crippen LogP contribution < -0.4 is 0 Å². The van der Waals surface area contributed by atoms with Gasteiger partial charge in [-0.05, 0) is 37.5 Å². The van der Waals surface area contributed by atoms with Crippen LogP contribution in [-0.2, 0) is 4.79 Å². The standard InChI is InChI=1S/C20H25F4N3O2/c21-17-6-1-4-15(12-17)19(29)26-9-3-7-25(10-11-26)14-18(28)27-8-2-5-16(13-27)20(22,23)24/h1,4,6,12,16H,2-3,5,7-11,13-14H2. The van der Waals surface area contributed by atoms with Crippen molar-refractivity contribution >= 4 is 11.8 Å². The number of alkyl halides is 3. The van der Waals surface area contributed by atoms with Gasteiger partial charge in [-0.25, -0.2) is 4.39 Å². The molecule has 1 atom stereocenters. The molecule has 160 valence electrons. The maximum atomic E-state index is 13.4. The summed E-state index contributed by atoms with van der Waals surface area (Å²) in [6, 6.07) is 5.52. The van der Waals surface area contributed by atoms with Crippen molar-refractivity contribution in [2.75, 3.05) is 45.8 Å². The molecule has 2 heterocycles. The fourth-order valence-electron chi connectivity index (χ4n) is 3.90. The minimum Gasteiger partial charge on any atom is -0.341 e. The SMILES string of the molecule is O=C(CN1CCCN(C(=O)c2cccc(F)c2)CC1)N1CCCC(C(F)(F)F)C1. The molecule has 0 saturated carbocycles. The van der Waals surface area contributed by atoms with E-state index in [0.717, 1.165) is 0 Å². The van der Waals surface area contributed by atoms with Gasteiger partial charge in [0.1, 0.15) is 5.82 Å². The van der Waals surface area contributed by atoms with Gasteiger partial charge in [0.05, 0.1) is 12.5 Å². The van der Waals surface area contributed by atoms with Crippen molar-refractivity contribution in [3.05, 3.63) is 35.6 Å². The summed E-state index contributed by atoms with van der Waals surface area (Å²) in [7, 11) is 0. The summed E-state index contributed by atoms with van der Waals surface area (Å²) in [5, 5.41) is 0. The summed E-state index contributed by atoms with van der Waals surface area (Å²) in [5.74, 6) is -2.49. The first-order valence-corrected chi connectivity index (χ1v) is 9.86. The molecular formula is C20H25F4N3O2. The largest absolute Gasteiger partial charge is 0.393 e. The molecule has 0 aromatic heterocycles. The first-order valence-electron chi connectivity index (χ1n) is 9.86. The molecule has 0 radical (unpaired) electrons. The predicted octanol–water partition coefficient (Wildman–Crippen LogP) is 2.77. The molecule has 0 N–H and O–H groups in total. The number of halogens is 4. The summed E-state index contributed by atoms with van der Waals surface area (Å²) in [6.45, 7) is 2.02. The minimum atomic E-state index is -4.28. The summed E-state index contributed by atoms with van der Waals surface area (Å²) in [5.41, 5.74) is 0.279. The zero-order chi connectivity index (χ0) is 21.0. The highest BCUT2D eigenvalue weighted by molar-refractivity contribution is 5.94. The number of carbonyl (C=O) groups excluding carboxylic acids is 2. The number of amides is 2. The van der Waals surface area contributed by atoms with E-state index in [1.807, 2.05) is 4.90 Å². The second kappa shape index (κ2) is 9.11. The Balaban J connectivity index is 1.53. The van der Waals surface area contributed by atoms with Crippen molar-refractivity contribution in [2.24, 2.45) is 5.92 Å². The van der Waals surface area contributed by atoms with Crippen LogP contribution in [0, 0.1) is 11.7 Å². The lowest BCUT2D eigenvalue weighted by atomic mass is 9.97. The highest BCUT2D eigenvalue weighted by atomic mass is 19.4. The molecule has 2 aliphatic rings. The van der Waals surface area contributed by atoms with Gasteiger partial charge in [-0.3, -0.25) is 14.5 Å². The third-order valence-corrected chi connectivity index (χ3v) is 5.54. The molecule has 0 spiro atoms. The van der Waals surface area contributed by atoms with E-state index in [1.54, 1.807) is 11.0 Å². The Hall–Kier alpha value is -2.16. The Morgan fingerprint density at radius 2 is 1.76 bits per heavy atom. The Kier molecular flexibility index (Phi) is 6.77. The van der Waals surface area contributed by atoms with E-state index in [4.69, 9.17) is 0 Å². The number of hydrogen-bond acceptors (Lipinski definition) is 3. The highest BCUT2D eigenvalue weighted by Gasteiger charge is 2.42. The average Bonchev–Trinajstić information content (AvgIpc) is 2.92. The van der Waals surface area contributed by atoms with Crippen molar-refractivity contribution < 1.29 is 27.2 Å². The Morgan fingerprint density at radius 3 is 2.48 bits per heavy atom. The van der Waals surface area contributed by atoms with Crippen LogP contribution in [0.3, 0.4) is 0 Å². The number of carbonyl (C=O) groups is 2. The number of nitrogens with zero attached hydrogens (tertiary/aromatic N) is 3. The molecule has 29 heavy (non-hydrogen) atoms. The van der Waals surface area contributed by atoms with Crippen LogP contribution in [0.1, 0.15) is 29.6 Å². The Labute approximate surface area is 167 Å². The molecule has 1 unspecified atom stereocenters. The van der Waals surface area contributed by atoms with Crippen molar-refractivity contribution in [2.45, 2.75) is 25.4 Å². The first kappa shape index (κ1) is 21.5.